The minimum Gasteiger partial charge on any atom is -0.0625 e. The summed E-state index contributed by atoms with van der Waals surface area (Å²) in [6.45, 7) is 7.95. The zero-order valence-electron chi connectivity index (χ0n) is 17.6. The van der Waals surface area contributed by atoms with Gasteiger partial charge in [-0.3, -0.25) is 0 Å². The van der Waals surface area contributed by atoms with E-state index < -0.39 is 0 Å². The molecule has 0 N–H and O–H groups in total. The van der Waals surface area contributed by atoms with E-state index in [2.05, 4.69) is 20.8 Å². The number of rotatable bonds is 3. The maximum absolute atomic E-state index is 2.79. The smallest absolute Gasteiger partial charge is 0.0261 e. The van der Waals surface area contributed by atoms with E-state index in [1.54, 1.807) is 70.6 Å². The van der Waals surface area contributed by atoms with Crippen molar-refractivity contribution >= 4 is 0 Å². The Bertz CT molecular complexity index is 560. The van der Waals surface area contributed by atoms with Crippen LogP contribution < -0.4 is 0 Å². The van der Waals surface area contributed by atoms with Gasteiger partial charge in [-0.1, -0.05) is 46.5 Å². The van der Waals surface area contributed by atoms with Gasteiger partial charge in [-0.05, 0) is 115 Å². The van der Waals surface area contributed by atoms with Crippen molar-refractivity contribution in [3.05, 3.63) is 0 Å². The standard InChI is InChI=1S/C26H42/c1-15-4-9-19-18(14-15)8-10-21-20(19)12-13-26(3)22(11-7-17-5-6-17)23-16(2)24(23)25(21)26/h15-25H,4-14H2,1-3H3/t15?,16-,18-,19+,20?,21-,22?,23?,24?,25?,26-/m1/s1. The number of hydrogen-bond donors (Lipinski definition) is 0. The van der Waals surface area contributed by atoms with Gasteiger partial charge in [0.25, 0.3) is 0 Å². The quantitative estimate of drug-likeness (QED) is 0.503. The van der Waals surface area contributed by atoms with Crippen LogP contribution >= 0.6 is 0 Å². The summed E-state index contributed by atoms with van der Waals surface area (Å²) >= 11 is 0. The highest BCUT2D eigenvalue weighted by Crippen LogP contribution is 2.77. The third kappa shape index (κ3) is 2.32. The summed E-state index contributed by atoms with van der Waals surface area (Å²) in [5, 5.41) is 0. The highest BCUT2D eigenvalue weighted by atomic mass is 14.8. The molecule has 0 heteroatoms. The molecule has 6 aliphatic carbocycles. The fraction of sp³-hybridized carbons (Fsp3) is 1.00. The van der Waals surface area contributed by atoms with Crippen molar-refractivity contribution in [1.29, 1.82) is 0 Å². The molecule has 0 saturated heterocycles. The molecule has 0 nitrogen and oxygen atoms in total. The second-order valence-electron chi connectivity index (χ2n) is 12.5. The van der Waals surface area contributed by atoms with Crippen LogP contribution in [-0.4, -0.2) is 0 Å². The summed E-state index contributed by atoms with van der Waals surface area (Å²) in [6, 6.07) is 0. The summed E-state index contributed by atoms with van der Waals surface area (Å²) in [5.41, 5.74) is 0.743. The fourth-order valence-electron chi connectivity index (χ4n) is 10.0. The van der Waals surface area contributed by atoms with Gasteiger partial charge < -0.3 is 0 Å². The highest BCUT2D eigenvalue weighted by molar-refractivity contribution is 5.19. The van der Waals surface area contributed by atoms with E-state index in [4.69, 9.17) is 0 Å². The second-order valence-corrected chi connectivity index (χ2v) is 12.5. The molecular weight excluding hydrogens is 312 g/mol. The van der Waals surface area contributed by atoms with Crippen molar-refractivity contribution in [3.63, 3.8) is 0 Å². The topological polar surface area (TPSA) is 0 Å². The lowest BCUT2D eigenvalue weighted by atomic mass is 9.47. The number of hydrogen-bond acceptors (Lipinski definition) is 0. The summed E-state index contributed by atoms with van der Waals surface area (Å²) < 4.78 is 0. The average molecular weight is 355 g/mol. The molecule has 146 valence electrons. The molecule has 6 fully saturated rings. The first-order valence-electron chi connectivity index (χ1n) is 12.6. The van der Waals surface area contributed by atoms with E-state index in [-0.39, 0.29) is 0 Å². The molecule has 0 amide bonds. The van der Waals surface area contributed by atoms with Crippen LogP contribution in [0.15, 0.2) is 0 Å². The molecule has 6 saturated carbocycles. The SMILES string of the molecule is CC1CC[C@@H]2C3CC[C@]4(C)C(CCC5CC5)C5C(C4[C@@H]3CC[C@@H]2C1)[C@@H]5C. The van der Waals surface area contributed by atoms with Crippen LogP contribution in [0.5, 0.6) is 0 Å². The summed E-state index contributed by atoms with van der Waals surface area (Å²) in [4.78, 5) is 0. The Morgan fingerprint density at radius 1 is 0.769 bits per heavy atom. The van der Waals surface area contributed by atoms with Crippen molar-refractivity contribution < 1.29 is 0 Å². The lowest BCUT2D eigenvalue weighted by molar-refractivity contribution is -0.0845. The first kappa shape index (κ1) is 16.9. The largest absolute Gasteiger partial charge is 0.0625 e. The Labute approximate surface area is 162 Å². The van der Waals surface area contributed by atoms with Crippen molar-refractivity contribution in [3.8, 4) is 0 Å². The lowest BCUT2D eigenvalue weighted by Crippen LogP contribution is -2.50. The third-order valence-corrected chi connectivity index (χ3v) is 11.3. The Kier molecular flexibility index (Phi) is 3.75. The zero-order chi connectivity index (χ0) is 17.6. The van der Waals surface area contributed by atoms with Gasteiger partial charge in [-0.25, -0.2) is 0 Å². The Balaban J connectivity index is 1.25. The van der Waals surface area contributed by atoms with Crippen molar-refractivity contribution in [1.82, 2.24) is 0 Å². The van der Waals surface area contributed by atoms with Gasteiger partial charge in [-0.2, -0.15) is 0 Å². The van der Waals surface area contributed by atoms with Crippen LogP contribution in [0, 0.1) is 70.5 Å². The van der Waals surface area contributed by atoms with Gasteiger partial charge in [0.2, 0.25) is 0 Å². The normalized spacial score (nSPS) is 60.6. The van der Waals surface area contributed by atoms with E-state index >= 15 is 0 Å². The molecule has 0 heterocycles. The predicted octanol–water partition coefficient (Wildman–Crippen LogP) is 7.18. The molecule has 6 aliphatic rings. The third-order valence-electron chi connectivity index (χ3n) is 11.3. The fourth-order valence-corrected chi connectivity index (χ4v) is 10.0. The van der Waals surface area contributed by atoms with Crippen LogP contribution in [0.2, 0.25) is 0 Å². The molecule has 0 bridgehead atoms. The first-order valence-corrected chi connectivity index (χ1v) is 12.6. The summed E-state index contributed by atoms with van der Waals surface area (Å²) in [6.07, 6.45) is 17.4. The second kappa shape index (κ2) is 5.76. The van der Waals surface area contributed by atoms with Crippen molar-refractivity contribution in [2.75, 3.05) is 0 Å². The molecule has 0 aromatic rings. The summed E-state index contributed by atoms with van der Waals surface area (Å²) in [7, 11) is 0. The van der Waals surface area contributed by atoms with E-state index in [9.17, 15) is 0 Å². The van der Waals surface area contributed by atoms with E-state index in [1.807, 2.05) is 0 Å². The first-order chi connectivity index (χ1) is 12.6. The van der Waals surface area contributed by atoms with Crippen molar-refractivity contribution in [2.45, 2.75) is 91.4 Å². The van der Waals surface area contributed by atoms with Crippen LogP contribution in [0.25, 0.3) is 0 Å². The molecule has 6 unspecified atom stereocenters. The molecular formula is C26H42. The molecule has 0 aromatic heterocycles. The molecule has 11 atom stereocenters. The minimum absolute atomic E-state index is 0.743. The van der Waals surface area contributed by atoms with Gasteiger partial charge >= 0.3 is 0 Å². The van der Waals surface area contributed by atoms with E-state index in [0.717, 1.165) is 70.5 Å². The number of fused-ring (bicyclic) bond motifs is 7. The van der Waals surface area contributed by atoms with Gasteiger partial charge in [0.15, 0.2) is 0 Å². The average Bonchev–Trinajstić information content (AvgIpc) is 3.53. The van der Waals surface area contributed by atoms with Crippen LogP contribution in [0.4, 0.5) is 0 Å². The Morgan fingerprint density at radius 3 is 2.38 bits per heavy atom. The van der Waals surface area contributed by atoms with Gasteiger partial charge in [-0.15, -0.1) is 0 Å². The Morgan fingerprint density at radius 2 is 1.58 bits per heavy atom. The van der Waals surface area contributed by atoms with E-state index in [0.29, 0.717) is 0 Å². The Hall–Kier alpha value is 0. The molecule has 0 aliphatic heterocycles. The van der Waals surface area contributed by atoms with Crippen LogP contribution in [0.3, 0.4) is 0 Å². The predicted molar refractivity (Wildman–Crippen MR) is 109 cm³/mol. The minimum atomic E-state index is 0.743. The lowest BCUT2D eigenvalue weighted by Gasteiger charge is -2.57. The van der Waals surface area contributed by atoms with Gasteiger partial charge in [0, 0.05) is 0 Å². The molecule has 0 aromatic carbocycles. The summed E-state index contributed by atoms with van der Waals surface area (Å²) in [5.74, 6) is 12.3. The monoisotopic (exact) mass is 354 g/mol. The molecule has 6 rings (SSSR count). The zero-order valence-corrected chi connectivity index (χ0v) is 17.6. The van der Waals surface area contributed by atoms with Crippen LogP contribution in [-0.2, 0) is 0 Å². The maximum atomic E-state index is 2.79. The molecule has 0 radical (unpaired) electrons. The van der Waals surface area contributed by atoms with Gasteiger partial charge in [0.05, 0.1) is 0 Å². The van der Waals surface area contributed by atoms with E-state index in [1.165, 1.54) is 0 Å². The van der Waals surface area contributed by atoms with Crippen molar-refractivity contribution in [2.24, 2.45) is 70.5 Å². The van der Waals surface area contributed by atoms with Crippen LogP contribution in [0.1, 0.15) is 91.4 Å². The highest BCUT2D eigenvalue weighted by Gasteiger charge is 2.72. The molecule has 0 spiro atoms. The maximum Gasteiger partial charge on any atom is -0.0261 e. The molecule has 26 heavy (non-hydrogen) atoms. The van der Waals surface area contributed by atoms with Gasteiger partial charge in [0.1, 0.15) is 0 Å².